The van der Waals surface area contributed by atoms with Crippen molar-refractivity contribution in [3.63, 3.8) is 0 Å². The number of anilines is 2. The van der Waals surface area contributed by atoms with Gasteiger partial charge in [-0.25, -0.2) is 4.98 Å². The predicted molar refractivity (Wildman–Crippen MR) is 91.8 cm³/mol. The summed E-state index contributed by atoms with van der Waals surface area (Å²) in [4.78, 5) is 4.60. The Morgan fingerprint density at radius 3 is 2.77 bits per heavy atom. The minimum atomic E-state index is 0.737. The minimum Gasteiger partial charge on any atom is -0.497 e. The average Bonchev–Trinajstić information content (AvgIpc) is 2.99. The first-order valence-electron chi connectivity index (χ1n) is 7.41. The maximum atomic E-state index is 5.38. The Labute approximate surface area is 135 Å². The van der Waals surface area contributed by atoms with E-state index >= 15 is 0 Å². The minimum absolute atomic E-state index is 0.737. The Bertz CT molecular complexity index is 587. The number of nitrogens with one attached hydrogen (secondary N) is 2. The molecule has 2 rings (SSSR count). The monoisotopic (exact) mass is 321 g/mol. The van der Waals surface area contributed by atoms with E-state index in [9.17, 15) is 0 Å². The molecule has 0 aliphatic rings. The Morgan fingerprint density at radius 2 is 2.05 bits per heavy atom. The van der Waals surface area contributed by atoms with Crippen LogP contribution in [-0.4, -0.2) is 32.3 Å². The fourth-order valence-electron chi connectivity index (χ4n) is 2.01. The van der Waals surface area contributed by atoms with E-state index in [1.165, 1.54) is 0 Å². The van der Waals surface area contributed by atoms with Crippen LogP contribution in [0.15, 0.2) is 23.6 Å². The number of benzene rings is 1. The number of rotatable bonds is 9. The molecule has 1 heterocycles. The molecule has 0 aliphatic carbocycles. The topological polar surface area (TPSA) is 55.4 Å². The number of methoxy groups -OCH3 is 2. The van der Waals surface area contributed by atoms with Crippen molar-refractivity contribution in [3.8, 4) is 11.5 Å². The van der Waals surface area contributed by atoms with Crippen LogP contribution in [0.25, 0.3) is 0 Å². The highest BCUT2D eigenvalue weighted by molar-refractivity contribution is 7.13. The van der Waals surface area contributed by atoms with Crippen molar-refractivity contribution in [3.05, 3.63) is 29.3 Å². The summed E-state index contributed by atoms with van der Waals surface area (Å²) in [5, 5.41) is 9.65. The molecule has 0 radical (unpaired) electrons. The van der Waals surface area contributed by atoms with Gasteiger partial charge in [-0.3, -0.25) is 0 Å². The summed E-state index contributed by atoms with van der Waals surface area (Å²) in [6, 6.07) is 5.68. The molecule has 0 unspecified atom stereocenters. The molecule has 22 heavy (non-hydrogen) atoms. The summed E-state index contributed by atoms with van der Waals surface area (Å²) in [7, 11) is 3.29. The van der Waals surface area contributed by atoms with Crippen molar-refractivity contribution in [2.75, 3.05) is 32.6 Å². The van der Waals surface area contributed by atoms with Crippen LogP contribution in [-0.2, 0) is 6.42 Å². The van der Waals surface area contributed by atoms with Gasteiger partial charge in [0.1, 0.15) is 11.5 Å². The highest BCUT2D eigenvalue weighted by Crippen LogP contribution is 2.32. The average molecular weight is 321 g/mol. The van der Waals surface area contributed by atoms with Crippen molar-refractivity contribution in [2.45, 2.75) is 19.8 Å². The lowest BCUT2D eigenvalue weighted by Gasteiger charge is -2.10. The number of nitrogens with zero attached hydrogens (tertiary/aromatic N) is 1. The molecule has 2 N–H and O–H groups in total. The number of thiazole rings is 1. The van der Waals surface area contributed by atoms with Crippen molar-refractivity contribution < 1.29 is 9.47 Å². The van der Waals surface area contributed by atoms with E-state index in [1.807, 2.05) is 18.2 Å². The largest absolute Gasteiger partial charge is 0.497 e. The van der Waals surface area contributed by atoms with E-state index in [0.717, 1.165) is 53.9 Å². The molecule has 0 aliphatic heterocycles. The Balaban J connectivity index is 1.97. The summed E-state index contributed by atoms with van der Waals surface area (Å²) < 4.78 is 10.6. The third-order valence-corrected chi connectivity index (χ3v) is 3.99. The quantitative estimate of drug-likeness (QED) is 0.693. The molecular formula is C16H23N3O2S. The van der Waals surface area contributed by atoms with Gasteiger partial charge in [0.05, 0.1) is 25.6 Å². The van der Waals surface area contributed by atoms with Gasteiger partial charge in [-0.1, -0.05) is 6.92 Å². The van der Waals surface area contributed by atoms with Gasteiger partial charge < -0.3 is 20.1 Å². The van der Waals surface area contributed by atoms with E-state index < -0.39 is 0 Å². The van der Waals surface area contributed by atoms with Crippen molar-refractivity contribution in [1.82, 2.24) is 10.3 Å². The van der Waals surface area contributed by atoms with E-state index in [4.69, 9.17) is 9.47 Å². The van der Waals surface area contributed by atoms with Crippen LogP contribution < -0.4 is 20.1 Å². The van der Waals surface area contributed by atoms with Gasteiger partial charge >= 0.3 is 0 Å². The normalized spacial score (nSPS) is 10.5. The van der Waals surface area contributed by atoms with Crippen LogP contribution in [0.2, 0.25) is 0 Å². The van der Waals surface area contributed by atoms with Gasteiger partial charge in [0.2, 0.25) is 0 Å². The van der Waals surface area contributed by atoms with Crippen LogP contribution in [0, 0.1) is 0 Å². The number of aromatic nitrogens is 1. The standard InChI is InChI=1S/C16H23N3O2S/c1-4-8-17-9-7-12-11-22-16(18-12)19-14-6-5-13(20-2)10-15(14)21-3/h5-6,10-11,17H,4,7-9H2,1-3H3,(H,18,19). The van der Waals surface area contributed by atoms with E-state index in [1.54, 1.807) is 25.6 Å². The van der Waals surface area contributed by atoms with Crippen LogP contribution >= 0.6 is 11.3 Å². The van der Waals surface area contributed by atoms with Crippen molar-refractivity contribution in [2.24, 2.45) is 0 Å². The van der Waals surface area contributed by atoms with Crippen LogP contribution in [0.3, 0.4) is 0 Å². The summed E-state index contributed by atoms with van der Waals surface area (Å²) >= 11 is 1.60. The molecule has 120 valence electrons. The zero-order valence-corrected chi connectivity index (χ0v) is 14.1. The molecular weight excluding hydrogens is 298 g/mol. The first-order chi connectivity index (χ1) is 10.8. The summed E-state index contributed by atoms with van der Waals surface area (Å²) in [5.74, 6) is 1.50. The van der Waals surface area contributed by atoms with Crippen LogP contribution in [0.1, 0.15) is 19.0 Å². The first kappa shape index (κ1) is 16.6. The zero-order valence-electron chi connectivity index (χ0n) is 13.3. The third-order valence-electron chi connectivity index (χ3n) is 3.19. The Hall–Kier alpha value is -1.79. The van der Waals surface area contributed by atoms with Gasteiger partial charge in [-0.15, -0.1) is 11.3 Å². The summed E-state index contributed by atoms with van der Waals surface area (Å²) in [6.45, 7) is 4.18. The molecule has 6 heteroatoms. The number of hydrogen-bond donors (Lipinski definition) is 2. The van der Waals surface area contributed by atoms with E-state index in [0.29, 0.717) is 0 Å². The Kier molecular flexibility index (Phi) is 6.48. The number of ether oxygens (including phenoxy) is 2. The molecule has 1 aromatic heterocycles. The van der Waals surface area contributed by atoms with Gasteiger partial charge in [0.25, 0.3) is 0 Å². The predicted octanol–water partition coefficient (Wildman–Crippen LogP) is 3.45. The van der Waals surface area contributed by atoms with Gasteiger partial charge in [-0.2, -0.15) is 0 Å². The zero-order chi connectivity index (χ0) is 15.8. The molecule has 0 saturated carbocycles. The van der Waals surface area contributed by atoms with Gasteiger partial charge in [0, 0.05) is 24.4 Å². The first-order valence-corrected chi connectivity index (χ1v) is 8.29. The molecule has 1 aromatic carbocycles. The molecule has 0 fully saturated rings. The molecule has 0 spiro atoms. The fourth-order valence-corrected chi connectivity index (χ4v) is 2.77. The molecule has 5 nitrogen and oxygen atoms in total. The van der Waals surface area contributed by atoms with Crippen LogP contribution in [0.4, 0.5) is 10.8 Å². The summed E-state index contributed by atoms with van der Waals surface area (Å²) in [5.41, 5.74) is 1.98. The maximum Gasteiger partial charge on any atom is 0.187 e. The summed E-state index contributed by atoms with van der Waals surface area (Å²) in [6.07, 6.45) is 2.10. The van der Waals surface area contributed by atoms with Crippen molar-refractivity contribution >= 4 is 22.2 Å². The van der Waals surface area contributed by atoms with Crippen molar-refractivity contribution in [1.29, 1.82) is 0 Å². The lowest BCUT2D eigenvalue weighted by molar-refractivity contribution is 0.395. The van der Waals surface area contributed by atoms with Crippen LogP contribution in [0.5, 0.6) is 11.5 Å². The van der Waals surface area contributed by atoms with Gasteiger partial charge in [-0.05, 0) is 25.1 Å². The SMILES string of the molecule is CCCNCCc1csc(Nc2ccc(OC)cc2OC)n1. The second-order valence-corrected chi connectivity index (χ2v) is 5.69. The van der Waals surface area contributed by atoms with E-state index in [-0.39, 0.29) is 0 Å². The molecule has 0 amide bonds. The molecule has 0 saturated heterocycles. The lowest BCUT2D eigenvalue weighted by atomic mass is 10.2. The molecule has 2 aromatic rings. The number of hydrogen-bond acceptors (Lipinski definition) is 6. The fraction of sp³-hybridized carbons (Fsp3) is 0.438. The second kappa shape index (κ2) is 8.60. The lowest BCUT2D eigenvalue weighted by Crippen LogP contribution is -2.17. The maximum absolute atomic E-state index is 5.38. The van der Waals surface area contributed by atoms with E-state index in [2.05, 4.69) is 27.9 Å². The molecule has 0 atom stereocenters. The molecule has 0 bridgehead atoms. The highest BCUT2D eigenvalue weighted by Gasteiger charge is 2.08. The van der Waals surface area contributed by atoms with Gasteiger partial charge in [0.15, 0.2) is 5.13 Å². The third kappa shape index (κ3) is 4.61. The smallest absolute Gasteiger partial charge is 0.187 e. The second-order valence-electron chi connectivity index (χ2n) is 4.84. The highest BCUT2D eigenvalue weighted by atomic mass is 32.1. The Morgan fingerprint density at radius 1 is 1.18 bits per heavy atom.